The summed E-state index contributed by atoms with van der Waals surface area (Å²) in [6.07, 6.45) is 1.91. The van der Waals surface area contributed by atoms with Crippen molar-refractivity contribution in [1.29, 1.82) is 0 Å². The van der Waals surface area contributed by atoms with Gasteiger partial charge in [-0.05, 0) is 18.9 Å². The van der Waals surface area contributed by atoms with Crippen LogP contribution in [0.4, 0.5) is 0 Å². The van der Waals surface area contributed by atoms with Crippen LogP contribution >= 0.6 is 0 Å². The Morgan fingerprint density at radius 1 is 1.26 bits per heavy atom. The molecule has 1 rings (SSSR count). The molecule has 4 heteroatoms. The lowest BCUT2D eigenvalue weighted by Crippen LogP contribution is -2.42. The maximum Gasteiger partial charge on any atom is 0.311 e. The first kappa shape index (κ1) is 15.2. The second-order valence-corrected chi connectivity index (χ2v) is 4.69. The molecular weight excluding hydrogens is 240 g/mol. The molecule has 0 aliphatic heterocycles. The molecule has 0 fully saturated rings. The third-order valence-electron chi connectivity index (χ3n) is 3.04. The van der Waals surface area contributed by atoms with Gasteiger partial charge in [0.15, 0.2) is 0 Å². The van der Waals surface area contributed by atoms with Crippen molar-refractivity contribution in [2.24, 2.45) is 0 Å². The number of carbonyl (C=O) groups excluding carboxylic acids is 2. The van der Waals surface area contributed by atoms with Crippen LogP contribution in [-0.2, 0) is 9.59 Å². The summed E-state index contributed by atoms with van der Waals surface area (Å²) in [6, 6.07) is 9.42. The van der Waals surface area contributed by atoms with E-state index >= 15 is 0 Å². The predicted octanol–water partition coefficient (Wildman–Crippen LogP) is 2.12. The fourth-order valence-corrected chi connectivity index (χ4v) is 1.75. The minimum Gasteiger partial charge on any atom is -0.341 e. The van der Waals surface area contributed by atoms with Crippen molar-refractivity contribution in [3.8, 4) is 0 Å². The molecule has 0 radical (unpaired) electrons. The van der Waals surface area contributed by atoms with Gasteiger partial charge < -0.3 is 10.2 Å². The van der Waals surface area contributed by atoms with Crippen molar-refractivity contribution >= 4 is 11.8 Å². The quantitative estimate of drug-likeness (QED) is 0.826. The molecule has 104 valence electrons. The molecule has 1 atom stereocenters. The Bertz CT molecular complexity index is 417. The SMILES string of the molecule is CCCCN(C)C(=O)C(=O)NC(C)c1ccccc1. The summed E-state index contributed by atoms with van der Waals surface area (Å²) < 4.78 is 0. The van der Waals surface area contributed by atoms with E-state index in [1.165, 1.54) is 4.90 Å². The van der Waals surface area contributed by atoms with E-state index in [1.54, 1.807) is 7.05 Å². The molecule has 4 nitrogen and oxygen atoms in total. The molecule has 19 heavy (non-hydrogen) atoms. The number of benzene rings is 1. The van der Waals surface area contributed by atoms with Gasteiger partial charge in [-0.1, -0.05) is 43.7 Å². The van der Waals surface area contributed by atoms with Crippen molar-refractivity contribution < 1.29 is 9.59 Å². The van der Waals surface area contributed by atoms with E-state index in [-0.39, 0.29) is 6.04 Å². The molecular formula is C15H22N2O2. The molecule has 0 saturated heterocycles. The minimum absolute atomic E-state index is 0.169. The summed E-state index contributed by atoms with van der Waals surface area (Å²) in [5.74, 6) is -1.02. The van der Waals surface area contributed by atoms with Crippen molar-refractivity contribution in [3.05, 3.63) is 35.9 Å². The summed E-state index contributed by atoms with van der Waals surface area (Å²) in [7, 11) is 1.66. The van der Waals surface area contributed by atoms with Gasteiger partial charge in [0.25, 0.3) is 0 Å². The van der Waals surface area contributed by atoms with Gasteiger partial charge in [-0.3, -0.25) is 9.59 Å². The Kier molecular flexibility index (Phi) is 6.06. The largest absolute Gasteiger partial charge is 0.341 e. The lowest BCUT2D eigenvalue weighted by atomic mass is 10.1. The molecule has 0 aliphatic rings. The van der Waals surface area contributed by atoms with Gasteiger partial charge in [0.2, 0.25) is 0 Å². The monoisotopic (exact) mass is 262 g/mol. The number of rotatable bonds is 5. The fraction of sp³-hybridized carbons (Fsp3) is 0.467. The number of nitrogens with one attached hydrogen (secondary N) is 1. The number of hydrogen-bond acceptors (Lipinski definition) is 2. The number of carbonyl (C=O) groups is 2. The van der Waals surface area contributed by atoms with Crippen LogP contribution in [0.1, 0.15) is 38.3 Å². The van der Waals surface area contributed by atoms with Crippen LogP contribution in [0.15, 0.2) is 30.3 Å². The zero-order chi connectivity index (χ0) is 14.3. The molecule has 2 amide bonds. The molecule has 0 aliphatic carbocycles. The van der Waals surface area contributed by atoms with E-state index in [9.17, 15) is 9.59 Å². The minimum atomic E-state index is -0.546. The highest BCUT2D eigenvalue weighted by molar-refractivity contribution is 6.35. The van der Waals surface area contributed by atoms with E-state index in [2.05, 4.69) is 12.2 Å². The van der Waals surface area contributed by atoms with E-state index < -0.39 is 11.8 Å². The molecule has 0 aromatic heterocycles. The number of amides is 2. The van der Waals surface area contributed by atoms with Crippen LogP contribution < -0.4 is 5.32 Å². The lowest BCUT2D eigenvalue weighted by Gasteiger charge is -2.18. The average molecular weight is 262 g/mol. The normalized spacial score (nSPS) is 11.7. The van der Waals surface area contributed by atoms with Gasteiger partial charge in [0.1, 0.15) is 0 Å². The Morgan fingerprint density at radius 2 is 1.89 bits per heavy atom. The first-order chi connectivity index (χ1) is 9.06. The topological polar surface area (TPSA) is 49.4 Å². The van der Waals surface area contributed by atoms with E-state index in [0.717, 1.165) is 18.4 Å². The highest BCUT2D eigenvalue weighted by Crippen LogP contribution is 2.10. The van der Waals surface area contributed by atoms with E-state index in [4.69, 9.17) is 0 Å². The molecule has 1 aromatic rings. The Hall–Kier alpha value is -1.84. The molecule has 0 saturated carbocycles. The van der Waals surface area contributed by atoms with Crippen LogP contribution in [0, 0.1) is 0 Å². The zero-order valence-corrected chi connectivity index (χ0v) is 11.8. The molecule has 1 N–H and O–H groups in total. The second kappa shape index (κ2) is 7.56. The van der Waals surface area contributed by atoms with Crippen molar-refractivity contribution in [2.45, 2.75) is 32.7 Å². The van der Waals surface area contributed by atoms with E-state index in [1.807, 2.05) is 37.3 Å². The van der Waals surface area contributed by atoms with Crippen molar-refractivity contribution in [1.82, 2.24) is 10.2 Å². The smallest absolute Gasteiger partial charge is 0.311 e. The van der Waals surface area contributed by atoms with Crippen LogP contribution in [0.5, 0.6) is 0 Å². The first-order valence-corrected chi connectivity index (χ1v) is 6.67. The summed E-state index contributed by atoms with van der Waals surface area (Å²) in [6.45, 7) is 4.53. The van der Waals surface area contributed by atoms with E-state index in [0.29, 0.717) is 6.54 Å². The van der Waals surface area contributed by atoms with Crippen molar-refractivity contribution in [3.63, 3.8) is 0 Å². The van der Waals surface area contributed by atoms with Gasteiger partial charge in [-0.2, -0.15) is 0 Å². The van der Waals surface area contributed by atoms with Gasteiger partial charge in [0, 0.05) is 13.6 Å². The van der Waals surface area contributed by atoms with Gasteiger partial charge in [-0.15, -0.1) is 0 Å². The fourth-order valence-electron chi connectivity index (χ4n) is 1.75. The molecule has 1 aromatic carbocycles. The second-order valence-electron chi connectivity index (χ2n) is 4.69. The highest BCUT2D eigenvalue weighted by atomic mass is 16.2. The van der Waals surface area contributed by atoms with Crippen LogP contribution in [0.25, 0.3) is 0 Å². The van der Waals surface area contributed by atoms with Gasteiger partial charge in [-0.25, -0.2) is 0 Å². The van der Waals surface area contributed by atoms with Crippen LogP contribution in [0.2, 0.25) is 0 Å². The highest BCUT2D eigenvalue weighted by Gasteiger charge is 2.20. The third-order valence-corrected chi connectivity index (χ3v) is 3.04. The maximum atomic E-state index is 11.8. The molecule has 0 heterocycles. The third kappa shape index (κ3) is 4.73. The van der Waals surface area contributed by atoms with Crippen LogP contribution in [-0.4, -0.2) is 30.3 Å². The maximum absolute atomic E-state index is 11.8. The summed E-state index contributed by atoms with van der Waals surface area (Å²) in [5, 5.41) is 2.72. The lowest BCUT2D eigenvalue weighted by molar-refractivity contribution is -0.145. The molecule has 0 spiro atoms. The summed E-state index contributed by atoms with van der Waals surface area (Å²) in [4.78, 5) is 25.1. The molecule has 1 unspecified atom stereocenters. The Labute approximate surface area is 114 Å². The average Bonchev–Trinajstić information content (AvgIpc) is 2.44. The molecule has 0 bridgehead atoms. The summed E-state index contributed by atoms with van der Waals surface area (Å²) >= 11 is 0. The predicted molar refractivity (Wildman–Crippen MR) is 75.5 cm³/mol. The Morgan fingerprint density at radius 3 is 2.47 bits per heavy atom. The standard InChI is InChI=1S/C15H22N2O2/c1-4-5-11-17(3)15(19)14(18)16-12(2)13-9-7-6-8-10-13/h6-10,12H,4-5,11H2,1-3H3,(H,16,18). The van der Waals surface area contributed by atoms with Crippen molar-refractivity contribution in [2.75, 3.05) is 13.6 Å². The number of likely N-dealkylation sites (N-methyl/N-ethyl adjacent to an activating group) is 1. The number of nitrogens with zero attached hydrogens (tertiary/aromatic N) is 1. The van der Waals surface area contributed by atoms with Gasteiger partial charge in [0.05, 0.1) is 6.04 Å². The number of hydrogen-bond donors (Lipinski definition) is 1. The zero-order valence-electron chi connectivity index (χ0n) is 11.8. The Balaban J connectivity index is 2.52. The van der Waals surface area contributed by atoms with Gasteiger partial charge >= 0.3 is 11.8 Å². The summed E-state index contributed by atoms with van der Waals surface area (Å²) in [5.41, 5.74) is 0.986. The van der Waals surface area contributed by atoms with Crippen LogP contribution in [0.3, 0.4) is 0 Å². The number of unbranched alkanes of at least 4 members (excludes halogenated alkanes) is 1. The first-order valence-electron chi connectivity index (χ1n) is 6.67.